The molecule has 0 unspecified atom stereocenters. The Morgan fingerprint density at radius 1 is 1.10 bits per heavy atom. The van der Waals surface area contributed by atoms with Crippen molar-refractivity contribution in [3.05, 3.63) is 58.3 Å². The number of amides is 2. The SMILES string of the molecule is O=C(NC1(C(=O)Nc2cc(Cl)cc(Cl)c2)CC1)[C@H]1C[C@@H]1c1nc2ccccc2[nH]1. The quantitative estimate of drug-likeness (QED) is 0.567. The molecule has 2 amide bonds. The van der Waals surface area contributed by atoms with Crippen LogP contribution in [0.5, 0.6) is 0 Å². The first-order chi connectivity index (χ1) is 13.9. The fraction of sp³-hybridized carbons (Fsp3) is 0.286. The number of aromatic amines is 1. The molecule has 5 rings (SSSR count). The molecule has 29 heavy (non-hydrogen) atoms. The predicted octanol–water partition coefficient (Wildman–Crippen LogP) is 4.26. The van der Waals surface area contributed by atoms with Crippen molar-refractivity contribution in [2.24, 2.45) is 5.92 Å². The van der Waals surface area contributed by atoms with E-state index >= 15 is 0 Å². The van der Waals surface area contributed by atoms with Crippen LogP contribution in [-0.4, -0.2) is 27.3 Å². The summed E-state index contributed by atoms with van der Waals surface area (Å²) in [5, 5.41) is 6.64. The summed E-state index contributed by atoms with van der Waals surface area (Å²) in [6.45, 7) is 0. The highest BCUT2D eigenvalue weighted by Gasteiger charge is 2.55. The number of rotatable bonds is 5. The average molecular weight is 429 g/mol. The molecule has 2 fully saturated rings. The minimum absolute atomic E-state index is 0.0630. The van der Waals surface area contributed by atoms with Gasteiger partial charge in [0.05, 0.1) is 11.0 Å². The van der Waals surface area contributed by atoms with E-state index in [4.69, 9.17) is 23.2 Å². The lowest BCUT2D eigenvalue weighted by Crippen LogP contribution is -2.46. The standard InChI is InChI=1S/C21H18Cl2N4O2/c22-11-7-12(23)9-13(8-11)24-20(29)21(5-6-21)27-19(28)15-10-14(15)18-25-16-3-1-2-4-17(16)26-18/h1-4,7-9,14-15H,5-6,10H2,(H,24,29)(H,25,26)(H,27,28)/t14-,15-/m0/s1. The second kappa shape index (κ2) is 6.75. The number of imidazole rings is 1. The lowest BCUT2D eigenvalue weighted by Gasteiger charge is -2.17. The van der Waals surface area contributed by atoms with Gasteiger partial charge in [0.15, 0.2) is 0 Å². The monoisotopic (exact) mass is 428 g/mol. The molecule has 1 heterocycles. The van der Waals surface area contributed by atoms with Crippen LogP contribution in [0.2, 0.25) is 10.0 Å². The topological polar surface area (TPSA) is 86.9 Å². The fourth-order valence-electron chi connectivity index (χ4n) is 3.67. The summed E-state index contributed by atoms with van der Waals surface area (Å²) >= 11 is 12.0. The van der Waals surface area contributed by atoms with Crippen LogP contribution in [0.3, 0.4) is 0 Å². The molecule has 6 nitrogen and oxygen atoms in total. The number of hydrogen-bond donors (Lipinski definition) is 3. The molecule has 0 bridgehead atoms. The molecule has 2 aliphatic carbocycles. The molecular formula is C21H18Cl2N4O2. The Hall–Kier alpha value is -2.57. The number of carbonyl (C=O) groups is 2. The molecule has 2 atom stereocenters. The Balaban J connectivity index is 1.24. The Kier molecular flexibility index (Phi) is 4.29. The minimum Gasteiger partial charge on any atom is -0.342 e. The van der Waals surface area contributed by atoms with E-state index in [2.05, 4.69) is 20.6 Å². The van der Waals surface area contributed by atoms with E-state index in [1.165, 1.54) is 0 Å². The number of nitrogens with one attached hydrogen (secondary N) is 3. The van der Waals surface area contributed by atoms with Crippen LogP contribution in [0.25, 0.3) is 11.0 Å². The zero-order chi connectivity index (χ0) is 20.2. The van der Waals surface area contributed by atoms with Gasteiger partial charge in [-0.05, 0) is 49.6 Å². The number of nitrogens with zero attached hydrogens (tertiary/aromatic N) is 1. The molecule has 0 radical (unpaired) electrons. The van der Waals surface area contributed by atoms with Gasteiger partial charge < -0.3 is 15.6 Å². The molecule has 0 aliphatic heterocycles. The Bertz CT molecular complexity index is 1090. The third kappa shape index (κ3) is 3.58. The molecule has 8 heteroatoms. The molecular weight excluding hydrogens is 411 g/mol. The first-order valence-corrected chi connectivity index (χ1v) is 10.2. The van der Waals surface area contributed by atoms with E-state index in [0.29, 0.717) is 28.6 Å². The normalized spacial score (nSPS) is 21.6. The highest BCUT2D eigenvalue weighted by atomic mass is 35.5. The molecule has 3 N–H and O–H groups in total. The number of hydrogen-bond acceptors (Lipinski definition) is 3. The van der Waals surface area contributed by atoms with Crippen molar-refractivity contribution in [2.45, 2.75) is 30.7 Å². The maximum Gasteiger partial charge on any atom is 0.250 e. The Morgan fingerprint density at radius 2 is 1.83 bits per heavy atom. The van der Waals surface area contributed by atoms with Crippen molar-refractivity contribution in [1.82, 2.24) is 15.3 Å². The summed E-state index contributed by atoms with van der Waals surface area (Å²) in [5.74, 6) is 0.376. The van der Waals surface area contributed by atoms with Crippen LogP contribution >= 0.6 is 23.2 Å². The van der Waals surface area contributed by atoms with Crippen LogP contribution in [0.1, 0.15) is 31.0 Å². The molecule has 2 aromatic carbocycles. The Labute approximate surface area is 177 Å². The summed E-state index contributed by atoms with van der Waals surface area (Å²) in [4.78, 5) is 33.4. The van der Waals surface area contributed by atoms with E-state index in [0.717, 1.165) is 23.3 Å². The van der Waals surface area contributed by atoms with Crippen molar-refractivity contribution < 1.29 is 9.59 Å². The zero-order valence-electron chi connectivity index (χ0n) is 15.3. The second-order valence-corrected chi connectivity index (χ2v) is 8.64. The largest absolute Gasteiger partial charge is 0.342 e. The predicted molar refractivity (Wildman–Crippen MR) is 112 cm³/mol. The van der Waals surface area contributed by atoms with Crippen LogP contribution < -0.4 is 10.6 Å². The van der Waals surface area contributed by atoms with Gasteiger partial charge in [-0.3, -0.25) is 9.59 Å². The van der Waals surface area contributed by atoms with Crippen molar-refractivity contribution >= 4 is 51.7 Å². The Morgan fingerprint density at radius 3 is 2.52 bits per heavy atom. The number of anilines is 1. The van der Waals surface area contributed by atoms with Crippen molar-refractivity contribution in [3.8, 4) is 0 Å². The van der Waals surface area contributed by atoms with Crippen molar-refractivity contribution in [3.63, 3.8) is 0 Å². The molecule has 2 saturated carbocycles. The summed E-state index contributed by atoms with van der Waals surface area (Å²) in [6.07, 6.45) is 1.95. The van der Waals surface area contributed by atoms with Gasteiger partial charge in [-0.2, -0.15) is 0 Å². The molecule has 3 aromatic rings. The average Bonchev–Trinajstić information content (AvgIpc) is 3.58. The maximum absolute atomic E-state index is 12.7. The summed E-state index contributed by atoms with van der Waals surface area (Å²) < 4.78 is 0. The third-order valence-electron chi connectivity index (χ3n) is 5.55. The zero-order valence-corrected chi connectivity index (χ0v) is 16.8. The van der Waals surface area contributed by atoms with Crippen LogP contribution in [0.4, 0.5) is 5.69 Å². The molecule has 148 valence electrons. The van der Waals surface area contributed by atoms with E-state index in [9.17, 15) is 9.59 Å². The lowest BCUT2D eigenvalue weighted by molar-refractivity contribution is -0.128. The number of carbonyl (C=O) groups excluding carboxylic acids is 2. The number of para-hydroxylation sites is 2. The second-order valence-electron chi connectivity index (χ2n) is 7.77. The van der Waals surface area contributed by atoms with Gasteiger partial charge >= 0.3 is 0 Å². The summed E-state index contributed by atoms with van der Waals surface area (Å²) in [5.41, 5.74) is 1.52. The van der Waals surface area contributed by atoms with E-state index < -0.39 is 5.54 Å². The van der Waals surface area contributed by atoms with Crippen molar-refractivity contribution in [2.75, 3.05) is 5.32 Å². The van der Waals surface area contributed by atoms with Crippen LogP contribution in [0, 0.1) is 5.92 Å². The molecule has 0 saturated heterocycles. The minimum atomic E-state index is -0.854. The van der Waals surface area contributed by atoms with E-state index in [1.54, 1.807) is 18.2 Å². The highest BCUT2D eigenvalue weighted by Crippen LogP contribution is 2.48. The van der Waals surface area contributed by atoms with Crippen LogP contribution in [0.15, 0.2) is 42.5 Å². The van der Waals surface area contributed by atoms with E-state index in [-0.39, 0.29) is 23.7 Å². The third-order valence-corrected chi connectivity index (χ3v) is 5.99. The van der Waals surface area contributed by atoms with Gasteiger partial charge in [0, 0.05) is 27.6 Å². The summed E-state index contributed by atoms with van der Waals surface area (Å²) in [6, 6.07) is 12.6. The van der Waals surface area contributed by atoms with E-state index in [1.807, 2.05) is 24.3 Å². The molecule has 2 aliphatic rings. The number of aromatic nitrogens is 2. The number of halogens is 2. The smallest absolute Gasteiger partial charge is 0.250 e. The maximum atomic E-state index is 12.7. The van der Waals surface area contributed by atoms with Crippen LogP contribution in [-0.2, 0) is 9.59 Å². The molecule has 0 spiro atoms. The highest BCUT2D eigenvalue weighted by molar-refractivity contribution is 6.35. The summed E-state index contributed by atoms with van der Waals surface area (Å²) in [7, 11) is 0. The van der Waals surface area contributed by atoms with Gasteiger partial charge in [0.2, 0.25) is 11.8 Å². The van der Waals surface area contributed by atoms with Gasteiger partial charge in [-0.15, -0.1) is 0 Å². The number of H-pyrrole nitrogens is 1. The van der Waals surface area contributed by atoms with Crippen molar-refractivity contribution in [1.29, 1.82) is 0 Å². The van der Waals surface area contributed by atoms with Gasteiger partial charge in [-0.1, -0.05) is 35.3 Å². The number of benzene rings is 2. The lowest BCUT2D eigenvalue weighted by atomic mass is 10.2. The van der Waals surface area contributed by atoms with Gasteiger partial charge in [-0.25, -0.2) is 4.98 Å². The first kappa shape index (κ1) is 18.5. The van der Waals surface area contributed by atoms with Gasteiger partial charge in [0.1, 0.15) is 11.4 Å². The molecule has 1 aromatic heterocycles. The first-order valence-electron chi connectivity index (χ1n) is 9.48. The number of fused-ring (bicyclic) bond motifs is 1. The fourth-order valence-corrected chi connectivity index (χ4v) is 4.20. The van der Waals surface area contributed by atoms with Gasteiger partial charge in [0.25, 0.3) is 0 Å².